The molecule has 3 heterocycles. The van der Waals surface area contributed by atoms with Gasteiger partial charge < -0.3 is 14.7 Å². The number of halogens is 1. The first-order chi connectivity index (χ1) is 13.7. The van der Waals surface area contributed by atoms with Crippen LogP contribution in [0.2, 0.25) is 0 Å². The van der Waals surface area contributed by atoms with E-state index >= 15 is 0 Å². The maximum absolute atomic E-state index is 14.0. The van der Waals surface area contributed by atoms with Crippen molar-refractivity contribution in [3.05, 3.63) is 48.2 Å². The second-order valence-corrected chi connectivity index (χ2v) is 7.39. The van der Waals surface area contributed by atoms with E-state index in [9.17, 15) is 9.18 Å². The minimum Gasteiger partial charge on any atom is -0.366 e. The van der Waals surface area contributed by atoms with Crippen molar-refractivity contribution in [1.29, 1.82) is 0 Å². The number of nitrogens with zero attached hydrogens (tertiary/aromatic N) is 5. The van der Waals surface area contributed by atoms with Crippen LogP contribution in [0.25, 0.3) is 0 Å². The highest BCUT2D eigenvalue weighted by atomic mass is 19.1. The number of aromatic nitrogens is 2. The van der Waals surface area contributed by atoms with Crippen molar-refractivity contribution in [2.75, 3.05) is 49.1 Å². The summed E-state index contributed by atoms with van der Waals surface area (Å²) in [6.45, 7) is 4.28. The Bertz CT molecular complexity index is 814. The zero-order valence-corrected chi connectivity index (χ0v) is 16.1. The van der Waals surface area contributed by atoms with Gasteiger partial charge in [-0.15, -0.1) is 0 Å². The van der Waals surface area contributed by atoms with Crippen LogP contribution >= 0.6 is 0 Å². The fourth-order valence-electron chi connectivity index (χ4n) is 3.96. The third kappa shape index (κ3) is 4.08. The fraction of sp³-hybridized carbons (Fsp3) is 0.476. The van der Waals surface area contributed by atoms with E-state index in [2.05, 4.69) is 14.9 Å². The predicted molar refractivity (Wildman–Crippen MR) is 107 cm³/mol. The number of anilines is 2. The number of carbonyl (C=O) groups is 1. The Morgan fingerprint density at radius 3 is 2.29 bits per heavy atom. The van der Waals surface area contributed by atoms with Crippen molar-refractivity contribution in [3.63, 3.8) is 0 Å². The molecule has 2 aliphatic rings. The highest BCUT2D eigenvalue weighted by Crippen LogP contribution is 2.21. The topological polar surface area (TPSA) is 52.6 Å². The van der Waals surface area contributed by atoms with E-state index in [0.29, 0.717) is 37.6 Å². The van der Waals surface area contributed by atoms with Crippen LogP contribution in [0.5, 0.6) is 0 Å². The summed E-state index contributed by atoms with van der Waals surface area (Å²) in [4.78, 5) is 27.6. The van der Waals surface area contributed by atoms with Gasteiger partial charge in [-0.05, 0) is 25.0 Å². The maximum atomic E-state index is 14.0. The van der Waals surface area contributed by atoms with Crippen molar-refractivity contribution in [2.45, 2.75) is 25.7 Å². The normalized spacial score (nSPS) is 18.1. The monoisotopic (exact) mass is 383 g/mol. The zero-order valence-electron chi connectivity index (χ0n) is 16.1. The summed E-state index contributed by atoms with van der Waals surface area (Å²) in [5, 5.41) is 0. The molecule has 0 bridgehead atoms. The number of carbonyl (C=O) groups excluding carboxylic acids is 1. The molecular weight excluding hydrogens is 357 g/mol. The third-order valence-electron chi connectivity index (χ3n) is 5.56. The maximum Gasteiger partial charge on any atom is 0.272 e. The van der Waals surface area contributed by atoms with E-state index in [1.807, 2.05) is 17.0 Å². The quantitative estimate of drug-likeness (QED) is 0.816. The fourth-order valence-corrected chi connectivity index (χ4v) is 3.96. The van der Waals surface area contributed by atoms with E-state index in [4.69, 9.17) is 0 Å². The molecule has 1 aromatic heterocycles. The van der Waals surface area contributed by atoms with Gasteiger partial charge in [-0.1, -0.05) is 25.0 Å². The van der Waals surface area contributed by atoms with Crippen molar-refractivity contribution in [3.8, 4) is 0 Å². The molecule has 7 heteroatoms. The lowest BCUT2D eigenvalue weighted by Crippen LogP contribution is -2.49. The van der Waals surface area contributed by atoms with Crippen LogP contribution < -0.4 is 9.80 Å². The Balaban J connectivity index is 1.41. The van der Waals surface area contributed by atoms with Crippen LogP contribution in [0.15, 0.2) is 36.7 Å². The number of para-hydroxylation sites is 1. The molecule has 2 aromatic rings. The third-order valence-corrected chi connectivity index (χ3v) is 5.56. The van der Waals surface area contributed by atoms with Crippen molar-refractivity contribution >= 4 is 17.4 Å². The molecule has 0 aliphatic carbocycles. The van der Waals surface area contributed by atoms with Gasteiger partial charge in [0.15, 0.2) is 0 Å². The molecule has 1 aromatic carbocycles. The molecule has 0 N–H and O–H groups in total. The van der Waals surface area contributed by atoms with E-state index in [1.54, 1.807) is 17.0 Å². The smallest absolute Gasteiger partial charge is 0.272 e. The molecule has 0 saturated carbocycles. The van der Waals surface area contributed by atoms with Gasteiger partial charge in [-0.2, -0.15) is 0 Å². The molecule has 2 aliphatic heterocycles. The lowest BCUT2D eigenvalue weighted by Gasteiger charge is -2.36. The number of amides is 1. The molecule has 6 nitrogen and oxygen atoms in total. The summed E-state index contributed by atoms with van der Waals surface area (Å²) in [6, 6.07) is 8.59. The highest BCUT2D eigenvalue weighted by Gasteiger charge is 2.25. The average Bonchev–Trinajstić information content (AvgIpc) is 3.04. The lowest BCUT2D eigenvalue weighted by molar-refractivity contribution is 0.0740. The second kappa shape index (κ2) is 8.54. The minimum atomic E-state index is -0.222. The van der Waals surface area contributed by atoms with E-state index in [1.165, 1.54) is 25.2 Å². The number of rotatable bonds is 3. The molecule has 0 radical (unpaired) electrons. The first kappa shape index (κ1) is 18.7. The van der Waals surface area contributed by atoms with Gasteiger partial charge in [0.25, 0.3) is 5.91 Å². The highest BCUT2D eigenvalue weighted by molar-refractivity contribution is 5.93. The molecule has 2 saturated heterocycles. The van der Waals surface area contributed by atoms with Gasteiger partial charge >= 0.3 is 0 Å². The van der Waals surface area contributed by atoms with E-state index in [0.717, 1.165) is 31.7 Å². The van der Waals surface area contributed by atoms with Gasteiger partial charge in [-0.3, -0.25) is 4.79 Å². The Morgan fingerprint density at radius 1 is 0.857 bits per heavy atom. The number of piperazine rings is 1. The van der Waals surface area contributed by atoms with Crippen LogP contribution in [-0.2, 0) is 0 Å². The standard InChI is InChI=1S/C21H26FN5O/c22-17-7-3-4-8-19(17)25-11-13-27(14-12-25)21(28)18-15-20(24-16-23-18)26-9-5-1-2-6-10-26/h3-4,7-8,15-16H,1-2,5-6,9-14H2. The van der Waals surface area contributed by atoms with Crippen molar-refractivity contribution < 1.29 is 9.18 Å². The Kier molecular flexibility index (Phi) is 5.69. The Hall–Kier alpha value is -2.70. The molecule has 148 valence electrons. The number of benzene rings is 1. The molecule has 1 amide bonds. The van der Waals surface area contributed by atoms with Gasteiger partial charge in [0.1, 0.15) is 23.7 Å². The number of hydrogen-bond acceptors (Lipinski definition) is 5. The number of hydrogen-bond donors (Lipinski definition) is 0. The van der Waals surface area contributed by atoms with Gasteiger partial charge in [0, 0.05) is 45.3 Å². The van der Waals surface area contributed by atoms with Crippen LogP contribution in [0.3, 0.4) is 0 Å². The summed E-state index contributed by atoms with van der Waals surface area (Å²) >= 11 is 0. The van der Waals surface area contributed by atoms with Gasteiger partial charge in [0.05, 0.1) is 5.69 Å². The largest absolute Gasteiger partial charge is 0.366 e. The summed E-state index contributed by atoms with van der Waals surface area (Å²) < 4.78 is 14.0. The minimum absolute atomic E-state index is 0.0772. The molecule has 0 spiro atoms. The van der Waals surface area contributed by atoms with E-state index < -0.39 is 0 Å². The average molecular weight is 383 g/mol. The summed E-state index contributed by atoms with van der Waals surface area (Å²) in [6.07, 6.45) is 6.30. The van der Waals surface area contributed by atoms with Gasteiger partial charge in [0.2, 0.25) is 0 Å². The zero-order chi connectivity index (χ0) is 19.3. The summed E-state index contributed by atoms with van der Waals surface area (Å²) in [7, 11) is 0. The lowest BCUT2D eigenvalue weighted by atomic mass is 10.2. The van der Waals surface area contributed by atoms with Crippen molar-refractivity contribution in [1.82, 2.24) is 14.9 Å². The molecular formula is C21H26FN5O. The SMILES string of the molecule is O=C(c1cc(N2CCCCCC2)ncn1)N1CCN(c2ccccc2F)CC1. The Labute approximate surface area is 165 Å². The summed E-state index contributed by atoms with van der Waals surface area (Å²) in [5.74, 6) is 0.539. The molecule has 28 heavy (non-hydrogen) atoms. The molecule has 0 unspecified atom stereocenters. The molecule has 4 rings (SSSR count). The molecule has 2 fully saturated rings. The van der Waals surface area contributed by atoms with Crippen LogP contribution in [0.1, 0.15) is 36.2 Å². The van der Waals surface area contributed by atoms with Gasteiger partial charge in [-0.25, -0.2) is 14.4 Å². The summed E-state index contributed by atoms with van der Waals surface area (Å²) in [5.41, 5.74) is 1.04. The van der Waals surface area contributed by atoms with Crippen LogP contribution in [0.4, 0.5) is 15.9 Å². The molecule has 0 atom stereocenters. The van der Waals surface area contributed by atoms with Crippen molar-refractivity contribution in [2.24, 2.45) is 0 Å². The van der Waals surface area contributed by atoms with E-state index in [-0.39, 0.29) is 11.7 Å². The first-order valence-electron chi connectivity index (χ1n) is 10.1. The predicted octanol–water partition coefficient (Wildman–Crippen LogP) is 2.96. The van der Waals surface area contributed by atoms with Crippen LogP contribution in [-0.4, -0.2) is 60.0 Å². The second-order valence-electron chi connectivity index (χ2n) is 7.39. The first-order valence-corrected chi connectivity index (χ1v) is 10.1. The Morgan fingerprint density at radius 2 is 1.57 bits per heavy atom. The van der Waals surface area contributed by atoms with Crippen LogP contribution in [0, 0.1) is 5.82 Å².